The summed E-state index contributed by atoms with van der Waals surface area (Å²) in [5, 5.41) is 10.3. The largest absolute Gasteiger partial charge is 0.481 e. The van der Waals surface area contributed by atoms with Crippen LogP contribution in [0.5, 0.6) is 0 Å². The number of para-hydroxylation sites is 1. The van der Waals surface area contributed by atoms with Crippen molar-refractivity contribution in [3.05, 3.63) is 51.1 Å². The minimum absolute atomic E-state index is 0.0102. The Bertz CT molecular complexity index is 1070. The van der Waals surface area contributed by atoms with Crippen LogP contribution in [0, 0.1) is 5.92 Å². The van der Waals surface area contributed by atoms with Crippen LogP contribution in [-0.4, -0.2) is 26.4 Å². The highest BCUT2D eigenvalue weighted by Gasteiger charge is 2.25. The van der Waals surface area contributed by atoms with Crippen molar-refractivity contribution in [3.63, 3.8) is 0 Å². The van der Waals surface area contributed by atoms with Crippen LogP contribution in [0.2, 0.25) is 0 Å². The molecule has 2 aromatic heterocycles. The van der Waals surface area contributed by atoms with Crippen molar-refractivity contribution >= 4 is 39.3 Å². The standard InChI is InChI=1S/C21H22N2O3S2/c1-13-9-10-15-16(12-13)28-19-18(15)20(26)23(14-6-3-2-4-7-14)21(22-19)27-11-5-8-17(24)25/h2-4,6-7,13H,5,8-12H2,1H3,(H,24,25). The molecule has 28 heavy (non-hydrogen) atoms. The number of thiophene rings is 1. The normalized spacial score (nSPS) is 16.2. The maximum absolute atomic E-state index is 13.5. The summed E-state index contributed by atoms with van der Waals surface area (Å²) in [5.74, 6) is 0.449. The van der Waals surface area contributed by atoms with Gasteiger partial charge < -0.3 is 5.11 Å². The Morgan fingerprint density at radius 2 is 2.14 bits per heavy atom. The molecular weight excluding hydrogens is 392 g/mol. The van der Waals surface area contributed by atoms with E-state index in [0.717, 1.165) is 35.2 Å². The highest BCUT2D eigenvalue weighted by Crippen LogP contribution is 2.37. The van der Waals surface area contributed by atoms with Crippen molar-refractivity contribution in [2.75, 3.05) is 5.75 Å². The van der Waals surface area contributed by atoms with Crippen molar-refractivity contribution in [3.8, 4) is 5.69 Å². The van der Waals surface area contributed by atoms with Crippen LogP contribution in [0.25, 0.3) is 15.9 Å². The molecule has 0 radical (unpaired) electrons. The van der Waals surface area contributed by atoms with E-state index >= 15 is 0 Å². The first-order chi connectivity index (χ1) is 13.5. The third-order valence-electron chi connectivity index (χ3n) is 5.08. The van der Waals surface area contributed by atoms with Crippen molar-refractivity contribution < 1.29 is 9.90 Å². The molecule has 5 nitrogen and oxygen atoms in total. The van der Waals surface area contributed by atoms with E-state index in [0.29, 0.717) is 23.2 Å². The molecular formula is C21H22N2O3S2. The third-order valence-corrected chi connectivity index (χ3v) is 7.25. The van der Waals surface area contributed by atoms with Crippen molar-refractivity contribution in [2.45, 2.75) is 44.2 Å². The molecule has 1 atom stereocenters. The molecule has 1 aliphatic rings. The number of benzene rings is 1. The molecule has 0 saturated carbocycles. The van der Waals surface area contributed by atoms with E-state index in [1.807, 2.05) is 30.3 Å². The zero-order chi connectivity index (χ0) is 19.7. The molecule has 0 aliphatic heterocycles. The average molecular weight is 415 g/mol. The van der Waals surface area contributed by atoms with Gasteiger partial charge in [-0.3, -0.25) is 14.2 Å². The fourth-order valence-corrected chi connectivity index (χ4v) is 6.04. The van der Waals surface area contributed by atoms with Crippen LogP contribution in [0.3, 0.4) is 0 Å². The summed E-state index contributed by atoms with van der Waals surface area (Å²) < 4.78 is 1.69. The van der Waals surface area contributed by atoms with Gasteiger partial charge in [0, 0.05) is 17.1 Å². The second kappa shape index (κ2) is 8.09. The Hall–Kier alpha value is -2.12. The lowest BCUT2D eigenvalue weighted by molar-refractivity contribution is -0.137. The number of fused-ring (bicyclic) bond motifs is 3. The number of rotatable bonds is 6. The molecule has 0 spiro atoms. The van der Waals surface area contributed by atoms with Crippen molar-refractivity contribution in [1.29, 1.82) is 0 Å². The van der Waals surface area contributed by atoms with Gasteiger partial charge >= 0.3 is 5.97 Å². The van der Waals surface area contributed by atoms with E-state index in [-0.39, 0.29) is 12.0 Å². The van der Waals surface area contributed by atoms with Crippen LogP contribution < -0.4 is 5.56 Å². The molecule has 1 aliphatic carbocycles. The number of aryl methyl sites for hydroxylation is 1. The minimum atomic E-state index is -0.801. The number of nitrogens with zero attached hydrogens (tertiary/aromatic N) is 2. The molecule has 0 amide bonds. The summed E-state index contributed by atoms with van der Waals surface area (Å²) in [6.45, 7) is 2.26. The van der Waals surface area contributed by atoms with E-state index < -0.39 is 5.97 Å². The number of aromatic nitrogens is 2. The maximum atomic E-state index is 13.5. The van der Waals surface area contributed by atoms with Crippen LogP contribution in [0.15, 0.2) is 40.3 Å². The van der Waals surface area contributed by atoms with E-state index in [4.69, 9.17) is 10.1 Å². The number of carboxylic acid groups (broad SMARTS) is 1. The molecule has 2 heterocycles. The topological polar surface area (TPSA) is 72.2 Å². The Labute approximate surface area is 171 Å². The van der Waals surface area contributed by atoms with Gasteiger partial charge in [-0.2, -0.15) is 0 Å². The molecule has 0 fully saturated rings. The van der Waals surface area contributed by atoms with Gasteiger partial charge in [0.25, 0.3) is 5.56 Å². The Balaban J connectivity index is 1.82. The first-order valence-corrected chi connectivity index (χ1v) is 11.3. The molecule has 4 rings (SSSR count). The predicted octanol–water partition coefficient (Wildman–Crippen LogP) is 4.53. The average Bonchev–Trinajstić information content (AvgIpc) is 3.03. The second-order valence-electron chi connectivity index (χ2n) is 7.25. The summed E-state index contributed by atoms with van der Waals surface area (Å²) in [6, 6.07) is 9.58. The highest BCUT2D eigenvalue weighted by atomic mass is 32.2. The van der Waals surface area contributed by atoms with Gasteiger partial charge in [-0.1, -0.05) is 36.9 Å². The van der Waals surface area contributed by atoms with Gasteiger partial charge in [0.15, 0.2) is 5.16 Å². The first-order valence-electron chi connectivity index (χ1n) is 9.52. The highest BCUT2D eigenvalue weighted by molar-refractivity contribution is 7.99. The lowest BCUT2D eigenvalue weighted by Crippen LogP contribution is -2.22. The minimum Gasteiger partial charge on any atom is -0.481 e. The van der Waals surface area contributed by atoms with Crippen LogP contribution in [0.1, 0.15) is 36.6 Å². The molecule has 7 heteroatoms. The molecule has 0 saturated heterocycles. The zero-order valence-corrected chi connectivity index (χ0v) is 17.3. The molecule has 146 valence electrons. The number of hydrogen-bond donors (Lipinski definition) is 1. The Morgan fingerprint density at radius 3 is 2.89 bits per heavy atom. The summed E-state index contributed by atoms with van der Waals surface area (Å²) >= 11 is 3.10. The number of carboxylic acids is 1. The number of hydrogen-bond acceptors (Lipinski definition) is 5. The fraction of sp³-hybridized carbons (Fsp3) is 0.381. The van der Waals surface area contributed by atoms with Gasteiger partial charge in [-0.05, 0) is 49.3 Å². The molecule has 1 N–H and O–H groups in total. The van der Waals surface area contributed by atoms with E-state index in [2.05, 4.69) is 6.92 Å². The molecule has 3 aromatic rings. The van der Waals surface area contributed by atoms with E-state index in [9.17, 15) is 9.59 Å². The molecule has 1 unspecified atom stereocenters. The smallest absolute Gasteiger partial charge is 0.303 e. The summed E-state index contributed by atoms with van der Waals surface area (Å²) in [6.07, 6.45) is 3.72. The Morgan fingerprint density at radius 1 is 1.36 bits per heavy atom. The number of carbonyl (C=O) groups is 1. The van der Waals surface area contributed by atoms with Crippen LogP contribution in [-0.2, 0) is 17.6 Å². The second-order valence-corrected chi connectivity index (χ2v) is 9.39. The molecule has 1 aromatic carbocycles. The third kappa shape index (κ3) is 3.73. The summed E-state index contributed by atoms with van der Waals surface area (Å²) in [4.78, 5) is 31.3. The maximum Gasteiger partial charge on any atom is 0.303 e. The van der Waals surface area contributed by atoms with Gasteiger partial charge in [-0.15, -0.1) is 11.3 Å². The summed E-state index contributed by atoms with van der Waals surface area (Å²) in [5.41, 5.74) is 1.97. The summed E-state index contributed by atoms with van der Waals surface area (Å²) in [7, 11) is 0. The van der Waals surface area contributed by atoms with Gasteiger partial charge in [-0.25, -0.2) is 4.98 Å². The fourth-order valence-electron chi connectivity index (χ4n) is 3.66. The first kappa shape index (κ1) is 19.2. The number of aliphatic carboxylic acids is 1. The van der Waals surface area contributed by atoms with E-state index in [1.54, 1.807) is 15.9 Å². The van der Waals surface area contributed by atoms with Gasteiger partial charge in [0.05, 0.1) is 11.1 Å². The monoisotopic (exact) mass is 414 g/mol. The zero-order valence-electron chi connectivity index (χ0n) is 15.7. The lowest BCUT2D eigenvalue weighted by atomic mass is 9.89. The Kier molecular flexibility index (Phi) is 5.55. The van der Waals surface area contributed by atoms with Crippen LogP contribution in [0.4, 0.5) is 0 Å². The van der Waals surface area contributed by atoms with Crippen molar-refractivity contribution in [1.82, 2.24) is 9.55 Å². The SMILES string of the molecule is CC1CCc2c(sc3nc(SCCCC(=O)O)n(-c4ccccc4)c(=O)c23)C1. The van der Waals surface area contributed by atoms with E-state index in [1.165, 1.54) is 22.2 Å². The van der Waals surface area contributed by atoms with Gasteiger partial charge in [0.1, 0.15) is 4.83 Å². The van der Waals surface area contributed by atoms with Gasteiger partial charge in [0.2, 0.25) is 0 Å². The van der Waals surface area contributed by atoms with Crippen molar-refractivity contribution in [2.24, 2.45) is 5.92 Å². The predicted molar refractivity (Wildman–Crippen MR) is 114 cm³/mol. The van der Waals surface area contributed by atoms with Crippen LogP contribution >= 0.6 is 23.1 Å². The molecule has 0 bridgehead atoms. The quantitative estimate of drug-likeness (QED) is 0.364. The lowest BCUT2D eigenvalue weighted by Gasteiger charge is -2.17. The number of thioether (sulfide) groups is 1.